The van der Waals surface area contributed by atoms with E-state index in [-0.39, 0.29) is 6.61 Å². The molecule has 5 nitrogen and oxygen atoms in total. The minimum absolute atomic E-state index is 0.116. The summed E-state index contributed by atoms with van der Waals surface area (Å²) >= 11 is 0. The average Bonchev–Trinajstić information content (AvgIpc) is 3.17. The molecule has 2 aliphatic heterocycles. The Kier molecular flexibility index (Phi) is 5.75. The van der Waals surface area contributed by atoms with Crippen LogP contribution in [0.25, 0.3) is 0 Å². The molecule has 27 heavy (non-hydrogen) atoms. The lowest BCUT2D eigenvalue weighted by Gasteiger charge is -2.34. The van der Waals surface area contributed by atoms with Crippen LogP contribution >= 0.6 is 0 Å². The first-order chi connectivity index (χ1) is 13.3. The monoisotopic (exact) mass is 370 g/mol. The molecule has 0 N–H and O–H groups in total. The van der Waals surface area contributed by atoms with Gasteiger partial charge in [-0.25, -0.2) is 4.39 Å². The Bertz CT molecular complexity index is 746. The molecule has 0 radical (unpaired) electrons. The van der Waals surface area contributed by atoms with E-state index in [0.29, 0.717) is 6.79 Å². The fourth-order valence-corrected chi connectivity index (χ4v) is 3.51. The SMILES string of the molecule is [17F]CCOc1ccc(CN2CCN(Cc3ccc4c(c3)OCO4)CC2)cc1. The highest BCUT2D eigenvalue weighted by atomic mass is 17.2. The molecule has 1 fully saturated rings. The third kappa shape index (κ3) is 4.70. The fourth-order valence-electron chi connectivity index (χ4n) is 3.51. The highest BCUT2D eigenvalue weighted by Gasteiger charge is 2.19. The maximum absolute atomic E-state index is 12.1. The van der Waals surface area contributed by atoms with Crippen molar-refractivity contribution >= 4 is 0 Å². The Labute approximate surface area is 159 Å². The van der Waals surface area contributed by atoms with Gasteiger partial charge in [0.1, 0.15) is 19.0 Å². The van der Waals surface area contributed by atoms with Gasteiger partial charge in [-0.05, 0) is 35.4 Å². The average molecular weight is 370 g/mol. The van der Waals surface area contributed by atoms with Gasteiger partial charge in [0.15, 0.2) is 11.5 Å². The van der Waals surface area contributed by atoms with Crippen LogP contribution in [-0.4, -0.2) is 56.1 Å². The van der Waals surface area contributed by atoms with Gasteiger partial charge in [0.2, 0.25) is 6.79 Å². The number of fused-ring (bicyclic) bond motifs is 1. The van der Waals surface area contributed by atoms with Crippen molar-refractivity contribution in [3.8, 4) is 17.2 Å². The predicted octanol–water partition coefficient (Wildman–Crippen LogP) is 3.08. The van der Waals surface area contributed by atoms with Crippen LogP contribution in [-0.2, 0) is 13.1 Å². The lowest BCUT2D eigenvalue weighted by Crippen LogP contribution is -2.45. The molecule has 2 heterocycles. The molecule has 0 atom stereocenters. The van der Waals surface area contributed by atoms with Crippen LogP contribution in [0.15, 0.2) is 42.5 Å². The number of benzene rings is 2. The van der Waals surface area contributed by atoms with E-state index in [1.807, 2.05) is 18.2 Å². The van der Waals surface area contributed by atoms with Crippen LogP contribution in [0.2, 0.25) is 0 Å². The Morgan fingerprint density at radius 1 is 0.815 bits per heavy atom. The maximum Gasteiger partial charge on any atom is 0.231 e. The maximum atomic E-state index is 12.1. The van der Waals surface area contributed by atoms with E-state index in [1.165, 1.54) is 11.1 Å². The molecule has 0 saturated carbocycles. The fraction of sp³-hybridized carbons (Fsp3) is 0.429. The van der Waals surface area contributed by atoms with Gasteiger partial charge in [-0.3, -0.25) is 9.80 Å². The minimum Gasteiger partial charge on any atom is -0.491 e. The molecule has 0 amide bonds. The van der Waals surface area contributed by atoms with Gasteiger partial charge in [0, 0.05) is 39.3 Å². The summed E-state index contributed by atoms with van der Waals surface area (Å²) in [6, 6.07) is 14.2. The van der Waals surface area contributed by atoms with Crippen LogP contribution in [0.5, 0.6) is 17.2 Å². The lowest BCUT2D eigenvalue weighted by molar-refractivity contribution is 0.122. The number of halogens is 1. The molecule has 1 saturated heterocycles. The standard InChI is InChI=1S/C21H25FN2O3/c22-7-12-25-19-4-1-17(2-5-19)14-23-8-10-24(11-9-23)15-18-3-6-20-21(13-18)27-16-26-20/h1-6,13H,7-12,14-16H2/i22-2. The number of hydrogen-bond acceptors (Lipinski definition) is 5. The molecular formula is C21H25FN2O3. The smallest absolute Gasteiger partial charge is 0.231 e. The summed E-state index contributed by atoms with van der Waals surface area (Å²) in [6.07, 6.45) is 0. The predicted molar refractivity (Wildman–Crippen MR) is 101 cm³/mol. The molecule has 6 heteroatoms. The van der Waals surface area contributed by atoms with E-state index in [0.717, 1.165) is 56.5 Å². The molecule has 2 aromatic rings. The zero-order valence-electron chi connectivity index (χ0n) is 15.4. The number of piperazine rings is 1. The van der Waals surface area contributed by atoms with E-state index in [1.54, 1.807) is 0 Å². The van der Waals surface area contributed by atoms with Gasteiger partial charge in [-0.1, -0.05) is 18.2 Å². The van der Waals surface area contributed by atoms with Gasteiger partial charge in [-0.2, -0.15) is 0 Å². The van der Waals surface area contributed by atoms with E-state index >= 15 is 0 Å². The van der Waals surface area contributed by atoms with Crippen LogP contribution in [0, 0.1) is 0 Å². The largest absolute Gasteiger partial charge is 0.491 e. The number of hydrogen-bond donors (Lipinski definition) is 0. The summed E-state index contributed by atoms with van der Waals surface area (Å²) in [5, 5.41) is 0. The number of ether oxygens (including phenoxy) is 3. The Morgan fingerprint density at radius 3 is 2.15 bits per heavy atom. The van der Waals surface area contributed by atoms with Gasteiger partial charge < -0.3 is 14.2 Å². The third-order valence-corrected chi connectivity index (χ3v) is 4.98. The Balaban J connectivity index is 1.24. The molecule has 0 bridgehead atoms. The topological polar surface area (TPSA) is 34.2 Å². The van der Waals surface area contributed by atoms with Crippen LogP contribution < -0.4 is 14.2 Å². The second-order valence-corrected chi connectivity index (χ2v) is 6.92. The summed E-state index contributed by atoms with van der Waals surface area (Å²) in [7, 11) is 0. The Hall–Kier alpha value is -2.31. The molecule has 0 spiro atoms. The van der Waals surface area contributed by atoms with Gasteiger partial charge >= 0.3 is 0 Å². The van der Waals surface area contributed by atoms with Gasteiger partial charge in [-0.15, -0.1) is 0 Å². The number of alkyl halides is 1. The van der Waals surface area contributed by atoms with Crippen LogP contribution in [0.1, 0.15) is 11.1 Å². The van der Waals surface area contributed by atoms with Crippen molar-refractivity contribution in [3.63, 3.8) is 0 Å². The molecule has 0 aromatic heterocycles. The number of nitrogens with zero attached hydrogens (tertiary/aromatic N) is 2. The highest BCUT2D eigenvalue weighted by Crippen LogP contribution is 2.32. The normalized spacial score (nSPS) is 17.2. The van der Waals surface area contributed by atoms with E-state index in [9.17, 15) is 4.39 Å². The van der Waals surface area contributed by atoms with E-state index in [4.69, 9.17) is 14.2 Å². The summed E-state index contributed by atoms with van der Waals surface area (Å²) in [4.78, 5) is 4.94. The van der Waals surface area contributed by atoms with Crippen molar-refractivity contribution in [1.29, 1.82) is 0 Å². The van der Waals surface area contributed by atoms with E-state index in [2.05, 4.69) is 34.1 Å². The van der Waals surface area contributed by atoms with Gasteiger partial charge in [0.25, 0.3) is 0 Å². The molecule has 144 valence electrons. The highest BCUT2D eigenvalue weighted by molar-refractivity contribution is 5.44. The van der Waals surface area contributed by atoms with Crippen LogP contribution in [0.4, 0.5) is 4.39 Å². The zero-order chi connectivity index (χ0) is 18.5. The second kappa shape index (κ2) is 8.59. The second-order valence-electron chi connectivity index (χ2n) is 6.92. The first-order valence-corrected chi connectivity index (χ1v) is 9.41. The molecule has 0 aliphatic carbocycles. The van der Waals surface area contributed by atoms with E-state index < -0.39 is 6.67 Å². The van der Waals surface area contributed by atoms with Crippen molar-refractivity contribution in [1.82, 2.24) is 9.80 Å². The molecular weight excluding hydrogens is 345 g/mol. The van der Waals surface area contributed by atoms with Crippen LogP contribution in [0.3, 0.4) is 0 Å². The molecule has 2 aliphatic rings. The lowest BCUT2D eigenvalue weighted by atomic mass is 10.1. The summed E-state index contributed by atoms with van der Waals surface area (Å²) in [5.74, 6) is 2.42. The van der Waals surface area contributed by atoms with Crippen molar-refractivity contribution in [2.24, 2.45) is 0 Å². The van der Waals surface area contributed by atoms with Gasteiger partial charge in [0.05, 0.1) is 0 Å². The first kappa shape index (κ1) is 18.1. The van der Waals surface area contributed by atoms with Crippen molar-refractivity contribution in [3.05, 3.63) is 53.6 Å². The molecule has 4 rings (SSSR count). The first-order valence-electron chi connectivity index (χ1n) is 9.41. The zero-order valence-corrected chi connectivity index (χ0v) is 15.4. The summed E-state index contributed by atoms with van der Waals surface area (Å²) in [6.45, 7) is 6.03. The van der Waals surface area contributed by atoms with Crippen molar-refractivity contribution in [2.45, 2.75) is 13.1 Å². The van der Waals surface area contributed by atoms with Crippen molar-refractivity contribution < 1.29 is 18.6 Å². The number of rotatable bonds is 7. The van der Waals surface area contributed by atoms with Crippen molar-refractivity contribution in [2.75, 3.05) is 46.3 Å². The summed E-state index contributed by atoms with van der Waals surface area (Å²) in [5.41, 5.74) is 2.52. The minimum atomic E-state index is -0.460. The Morgan fingerprint density at radius 2 is 1.44 bits per heavy atom. The third-order valence-electron chi connectivity index (χ3n) is 4.98. The molecule has 0 unspecified atom stereocenters. The quantitative estimate of drug-likeness (QED) is 0.748. The molecule has 2 aromatic carbocycles. The summed E-state index contributed by atoms with van der Waals surface area (Å²) < 4.78 is 28.3.